The number of carbonyl (C=O) groups is 2. The van der Waals surface area contributed by atoms with E-state index < -0.39 is 23.7 Å². The fraction of sp³-hybridized carbons (Fsp3) is 0.150. The van der Waals surface area contributed by atoms with E-state index in [0.29, 0.717) is 11.3 Å². The summed E-state index contributed by atoms with van der Waals surface area (Å²) in [5.74, 6) is -2.17. The first-order chi connectivity index (χ1) is 13.9. The Bertz CT molecular complexity index is 1050. The number of halogens is 1. The van der Waals surface area contributed by atoms with Crippen LogP contribution >= 0.6 is 0 Å². The number of benzene rings is 2. The van der Waals surface area contributed by atoms with Crippen LogP contribution in [0.15, 0.2) is 54.6 Å². The largest absolute Gasteiger partial charge is 0.497 e. The number of carbonyl (C=O) groups excluding carboxylic acids is 1. The van der Waals surface area contributed by atoms with E-state index >= 15 is 0 Å². The molecule has 0 saturated heterocycles. The maximum absolute atomic E-state index is 13.4. The van der Waals surface area contributed by atoms with Gasteiger partial charge in [0.05, 0.1) is 25.3 Å². The van der Waals surface area contributed by atoms with Crippen molar-refractivity contribution in [2.45, 2.75) is 12.5 Å². The summed E-state index contributed by atoms with van der Waals surface area (Å²) < 4.78 is 19.6. The molecule has 1 heterocycles. The number of ether oxygens (including phenoxy) is 1. The molecule has 0 saturated carbocycles. The Morgan fingerprint density at radius 3 is 2.66 bits per heavy atom. The number of carboxylic acids is 1. The van der Waals surface area contributed by atoms with Gasteiger partial charge in [0.1, 0.15) is 11.6 Å². The topological polar surface area (TPSA) is 114 Å². The van der Waals surface area contributed by atoms with E-state index in [-0.39, 0.29) is 23.7 Å². The van der Waals surface area contributed by atoms with Gasteiger partial charge in [-0.15, -0.1) is 0 Å². The first-order valence-electron chi connectivity index (χ1n) is 8.59. The number of nitrogens with one attached hydrogen (secondary N) is 1. The lowest BCUT2D eigenvalue weighted by atomic mass is 10.0. The molecule has 0 bridgehead atoms. The highest BCUT2D eigenvalue weighted by Gasteiger charge is 2.22. The highest BCUT2D eigenvalue weighted by Crippen LogP contribution is 2.23. The van der Waals surface area contributed by atoms with E-state index in [1.165, 1.54) is 25.3 Å². The van der Waals surface area contributed by atoms with Gasteiger partial charge in [-0.1, -0.05) is 18.2 Å². The summed E-state index contributed by atoms with van der Waals surface area (Å²) in [6.07, 6.45) is -0.366. The van der Waals surface area contributed by atoms with Crippen molar-refractivity contribution in [3.05, 3.63) is 71.7 Å². The number of carboxylic acid groups (broad SMARTS) is 1. The zero-order valence-electron chi connectivity index (χ0n) is 15.4. The van der Waals surface area contributed by atoms with Crippen LogP contribution < -0.4 is 10.1 Å². The second-order valence-corrected chi connectivity index (χ2v) is 6.18. The summed E-state index contributed by atoms with van der Waals surface area (Å²) in [7, 11) is 1.48. The number of nitrogens with zero attached hydrogens (tertiary/aromatic N) is 2. The molecule has 0 aliphatic rings. The van der Waals surface area contributed by atoms with Crippen LogP contribution in [0.2, 0.25) is 0 Å². The molecule has 8 nitrogen and oxygen atoms in total. The van der Waals surface area contributed by atoms with E-state index in [0.717, 1.165) is 16.8 Å². The number of hydrogen-bond acceptors (Lipinski definition) is 5. The van der Waals surface area contributed by atoms with Crippen LogP contribution in [-0.2, 0) is 4.79 Å². The van der Waals surface area contributed by atoms with Crippen molar-refractivity contribution in [3.8, 4) is 17.3 Å². The number of hydrogen-bond donors (Lipinski definition) is 3. The van der Waals surface area contributed by atoms with Gasteiger partial charge < -0.3 is 20.3 Å². The number of aromatic hydroxyl groups is 1. The van der Waals surface area contributed by atoms with Crippen molar-refractivity contribution in [3.63, 3.8) is 0 Å². The SMILES string of the molecule is COc1cccc([C@H](CC(=O)O)NC(=O)c2cc(O)n(-c3cccc(F)c3)n2)c1. The molecule has 150 valence electrons. The van der Waals surface area contributed by atoms with Crippen molar-refractivity contribution in [2.75, 3.05) is 7.11 Å². The molecule has 1 amide bonds. The Hall–Kier alpha value is -3.88. The number of aliphatic carboxylic acids is 1. The molecule has 0 aliphatic carbocycles. The molecule has 2 aromatic carbocycles. The maximum Gasteiger partial charge on any atom is 0.305 e. The second-order valence-electron chi connectivity index (χ2n) is 6.18. The van der Waals surface area contributed by atoms with Gasteiger partial charge in [-0.25, -0.2) is 9.07 Å². The second kappa shape index (κ2) is 8.42. The summed E-state index contributed by atoms with van der Waals surface area (Å²) in [4.78, 5) is 23.9. The average Bonchev–Trinajstić information content (AvgIpc) is 3.09. The minimum absolute atomic E-state index is 0.148. The van der Waals surface area contributed by atoms with Gasteiger partial charge in [0.15, 0.2) is 5.69 Å². The molecule has 0 spiro atoms. The molecule has 0 aliphatic heterocycles. The lowest BCUT2D eigenvalue weighted by molar-refractivity contribution is -0.137. The third-order valence-corrected chi connectivity index (χ3v) is 4.16. The van der Waals surface area contributed by atoms with Gasteiger partial charge in [0, 0.05) is 6.07 Å². The van der Waals surface area contributed by atoms with Crippen LogP contribution in [0, 0.1) is 5.82 Å². The van der Waals surface area contributed by atoms with Gasteiger partial charge >= 0.3 is 5.97 Å². The summed E-state index contributed by atoms with van der Waals surface area (Å²) in [6.45, 7) is 0. The standard InChI is InChI=1S/C20H18FN3O5/c1-29-15-7-2-4-12(8-15)16(11-19(26)27)22-20(28)17-10-18(25)24(23-17)14-6-3-5-13(21)9-14/h2-10,16,25H,11H2,1H3,(H,22,28)(H,26,27)/t16-/m0/s1. The molecule has 3 aromatic rings. The Balaban J connectivity index is 1.86. The molecular formula is C20H18FN3O5. The molecule has 0 radical (unpaired) electrons. The quantitative estimate of drug-likeness (QED) is 0.563. The van der Waals surface area contributed by atoms with Crippen molar-refractivity contribution in [2.24, 2.45) is 0 Å². The first-order valence-corrected chi connectivity index (χ1v) is 8.59. The van der Waals surface area contributed by atoms with Crippen molar-refractivity contribution < 1.29 is 28.9 Å². The van der Waals surface area contributed by atoms with Crippen LogP contribution in [-0.4, -0.2) is 39.0 Å². The van der Waals surface area contributed by atoms with Crippen LogP contribution in [0.5, 0.6) is 11.6 Å². The molecular weight excluding hydrogens is 381 g/mol. The fourth-order valence-corrected chi connectivity index (χ4v) is 2.80. The highest BCUT2D eigenvalue weighted by molar-refractivity contribution is 5.93. The van der Waals surface area contributed by atoms with Crippen molar-refractivity contribution in [1.82, 2.24) is 15.1 Å². The highest BCUT2D eigenvalue weighted by atomic mass is 19.1. The van der Waals surface area contributed by atoms with Gasteiger partial charge in [-0.3, -0.25) is 9.59 Å². The van der Waals surface area contributed by atoms with Crippen molar-refractivity contribution in [1.29, 1.82) is 0 Å². The summed E-state index contributed by atoms with van der Waals surface area (Å²) in [5, 5.41) is 25.9. The third-order valence-electron chi connectivity index (χ3n) is 4.16. The molecule has 1 atom stereocenters. The van der Waals surface area contributed by atoms with Crippen LogP contribution in [0.1, 0.15) is 28.5 Å². The average molecular weight is 399 g/mol. The Morgan fingerprint density at radius 1 is 1.21 bits per heavy atom. The van der Waals surface area contributed by atoms with E-state index in [2.05, 4.69) is 10.4 Å². The van der Waals surface area contributed by atoms with Crippen LogP contribution in [0.25, 0.3) is 5.69 Å². The molecule has 3 N–H and O–H groups in total. The lowest BCUT2D eigenvalue weighted by Gasteiger charge is -2.17. The maximum atomic E-state index is 13.4. The number of aromatic nitrogens is 2. The molecule has 0 fully saturated rings. The van der Waals surface area contributed by atoms with E-state index in [9.17, 15) is 24.2 Å². The predicted octanol–water partition coefficient (Wildman–Crippen LogP) is 2.67. The van der Waals surface area contributed by atoms with Gasteiger partial charge in [-0.05, 0) is 35.9 Å². The smallest absolute Gasteiger partial charge is 0.305 e. The normalized spacial score (nSPS) is 11.7. The Kier molecular flexibility index (Phi) is 5.77. The number of amides is 1. The fourth-order valence-electron chi connectivity index (χ4n) is 2.80. The van der Waals surface area contributed by atoms with E-state index in [4.69, 9.17) is 4.74 Å². The minimum Gasteiger partial charge on any atom is -0.497 e. The Morgan fingerprint density at radius 2 is 1.97 bits per heavy atom. The zero-order valence-corrected chi connectivity index (χ0v) is 15.4. The predicted molar refractivity (Wildman–Crippen MR) is 101 cm³/mol. The van der Waals surface area contributed by atoms with Crippen LogP contribution in [0.3, 0.4) is 0 Å². The molecule has 3 rings (SSSR count). The molecule has 0 unspecified atom stereocenters. The van der Waals surface area contributed by atoms with Crippen molar-refractivity contribution >= 4 is 11.9 Å². The minimum atomic E-state index is -1.11. The zero-order chi connectivity index (χ0) is 21.0. The lowest BCUT2D eigenvalue weighted by Crippen LogP contribution is -2.30. The van der Waals surface area contributed by atoms with Gasteiger partial charge in [-0.2, -0.15) is 5.10 Å². The summed E-state index contributed by atoms with van der Waals surface area (Å²) >= 11 is 0. The monoisotopic (exact) mass is 399 g/mol. The third kappa shape index (κ3) is 4.70. The van der Waals surface area contributed by atoms with Crippen LogP contribution in [0.4, 0.5) is 4.39 Å². The molecule has 9 heteroatoms. The first kappa shape index (κ1) is 19.9. The van der Waals surface area contributed by atoms with Gasteiger partial charge in [0.2, 0.25) is 5.88 Å². The molecule has 29 heavy (non-hydrogen) atoms. The Labute approximate surface area is 165 Å². The number of methoxy groups -OCH3 is 1. The van der Waals surface area contributed by atoms with Gasteiger partial charge in [0.25, 0.3) is 5.91 Å². The summed E-state index contributed by atoms with van der Waals surface area (Å²) in [5.41, 5.74) is 0.621. The summed E-state index contributed by atoms with van der Waals surface area (Å²) in [6, 6.07) is 12.3. The van der Waals surface area contributed by atoms with E-state index in [1.54, 1.807) is 24.3 Å². The number of rotatable bonds is 7. The van der Waals surface area contributed by atoms with E-state index in [1.807, 2.05) is 0 Å². The molecule has 1 aromatic heterocycles.